The number of benzene rings is 1. The maximum Gasteiger partial charge on any atom is 0.136 e. The van der Waals surface area contributed by atoms with E-state index >= 15 is 0 Å². The van der Waals surface area contributed by atoms with E-state index in [1.807, 2.05) is 0 Å². The van der Waals surface area contributed by atoms with Gasteiger partial charge in [0.15, 0.2) is 0 Å². The number of rotatable bonds is 1. The lowest BCUT2D eigenvalue weighted by molar-refractivity contribution is 0.617. The van der Waals surface area contributed by atoms with Crippen molar-refractivity contribution in [3.8, 4) is 0 Å². The van der Waals surface area contributed by atoms with Gasteiger partial charge in [-0.1, -0.05) is 6.07 Å². The van der Waals surface area contributed by atoms with Crippen LogP contribution in [0, 0.1) is 18.2 Å². The van der Waals surface area contributed by atoms with Crippen LogP contribution in [0.3, 0.4) is 0 Å². The predicted octanol–water partition coefficient (Wildman–Crippen LogP) is 1.71. The Balaban J connectivity index is 3.40. The van der Waals surface area contributed by atoms with Crippen LogP contribution in [0.25, 0.3) is 0 Å². The topological polar surface area (TPSA) is 49.9 Å². The van der Waals surface area contributed by atoms with E-state index < -0.39 is 5.82 Å². The van der Waals surface area contributed by atoms with E-state index in [0.717, 1.165) is 6.21 Å². The van der Waals surface area contributed by atoms with Crippen molar-refractivity contribution < 1.29 is 4.39 Å². The summed E-state index contributed by atoms with van der Waals surface area (Å²) in [4.78, 5) is 0. The molecular formula is C8H9FN2. The highest BCUT2D eigenvalue weighted by Crippen LogP contribution is 2.16. The Morgan fingerprint density at radius 1 is 1.55 bits per heavy atom. The molecule has 0 aromatic heterocycles. The van der Waals surface area contributed by atoms with Gasteiger partial charge in [0.1, 0.15) is 5.82 Å². The molecule has 0 bridgehead atoms. The lowest BCUT2D eigenvalue weighted by atomic mass is 10.1. The maximum atomic E-state index is 13.0. The number of hydrogen-bond donors (Lipinski definition) is 2. The van der Waals surface area contributed by atoms with Gasteiger partial charge in [-0.15, -0.1) is 0 Å². The summed E-state index contributed by atoms with van der Waals surface area (Å²) in [5.41, 5.74) is 6.40. The number of anilines is 1. The molecule has 0 saturated heterocycles. The summed E-state index contributed by atoms with van der Waals surface area (Å²) in [7, 11) is 0. The van der Waals surface area contributed by atoms with Crippen LogP contribution < -0.4 is 5.73 Å². The first-order valence-electron chi connectivity index (χ1n) is 3.22. The number of nitrogens with one attached hydrogen (secondary N) is 1. The first-order valence-corrected chi connectivity index (χ1v) is 3.22. The first kappa shape index (κ1) is 7.72. The summed E-state index contributed by atoms with van der Waals surface area (Å²) in [5, 5.41) is 6.88. The molecule has 0 aliphatic heterocycles. The second-order valence-corrected chi connectivity index (χ2v) is 2.34. The molecule has 0 aliphatic carbocycles. The Morgan fingerprint density at radius 3 is 2.64 bits per heavy atom. The summed E-state index contributed by atoms with van der Waals surface area (Å²) in [6, 6.07) is 3.19. The maximum absolute atomic E-state index is 13.0. The van der Waals surface area contributed by atoms with Gasteiger partial charge in [0.05, 0.1) is 5.56 Å². The van der Waals surface area contributed by atoms with Crippen LogP contribution >= 0.6 is 0 Å². The third kappa shape index (κ3) is 1.22. The molecule has 0 radical (unpaired) electrons. The zero-order valence-corrected chi connectivity index (χ0v) is 6.19. The van der Waals surface area contributed by atoms with Crippen molar-refractivity contribution in [2.24, 2.45) is 0 Å². The molecule has 11 heavy (non-hydrogen) atoms. The second-order valence-electron chi connectivity index (χ2n) is 2.34. The lowest BCUT2D eigenvalue weighted by Gasteiger charge is -2.02. The van der Waals surface area contributed by atoms with Crippen LogP contribution in [-0.4, -0.2) is 6.21 Å². The van der Waals surface area contributed by atoms with E-state index in [4.69, 9.17) is 11.1 Å². The fourth-order valence-corrected chi connectivity index (χ4v) is 0.864. The summed E-state index contributed by atoms with van der Waals surface area (Å²) in [5.74, 6) is -0.403. The molecule has 0 heterocycles. The Morgan fingerprint density at radius 2 is 2.18 bits per heavy atom. The zero-order valence-electron chi connectivity index (χ0n) is 6.19. The fraction of sp³-hybridized carbons (Fsp3) is 0.125. The highest BCUT2D eigenvalue weighted by atomic mass is 19.1. The van der Waals surface area contributed by atoms with Crippen molar-refractivity contribution in [1.29, 1.82) is 5.41 Å². The number of aryl methyl sites for hydroxylation is 1. The first-order chi connectivity index (χ1) is 5.16. The third-order valence-electron chi connectivity index (χ3n) is 1.55. The Hall–Kier alpha value is -1.38. The summed E-state index contributed by atoms with van der Waals surface area (Å²) < 4.78 is 13.0. The summed E-state index contributed by atoms with van der Waals surface area (Å²) in [6.45, 7) is 1.64. The lowest BCUT2D eigenvalue weighted by Crippen LogP contribution is -1.98. The standard InChI is InChI=1S/C8H9FN2/c1-5-2-3-7(11)6(4-10)8(5)9/h2-4,10H,11H2,1H3. The minimum absolute atomic E-state index is 0.171. The van der Waals surface area contributed by atoms with Crippen LogP contribution in [0.2, 0.25) is 0 Å². The molecule has 0 aliphatic rings. The van der Waals surface area contributed by atoms with Crippen molar-refractivity contribution >= 4 is 11.9 Å². The molecule has 0 unspecified atom stereocenters. The van der Waals surface area contributed by atoms with Crippen LogP contribution in [0.15, 0.2) is 12.1 Å². The van der Waals surface area contributed by atoms with Gasteiger partial charge in [-0.3, -0.25) is 0 Å². The Kier molecular flexibility index (Phi) is 1.89. The summed E-state index contributed by atoms with van der Waals surface area (Å²) in [6.07, 6.45) is 0.928. The normalized spacial score (nSPS) is 9.64. The molecule has 2 nitrogen and oxygen atoms in total. The monoisotopic (exact) mass is 152 g/mol. The van der Waals surface area contributed by atoms with Gasteiger partial charge in [-0.2, -0.15) is 0 Å². The number of halogens is 1. The van der Waals surface area contributed by atoms with E-state index in [1.54, 1.807) is 19.1 Å². The third-order valence-corrected chi connectivity index (χ3v) is 1.55. The van der Waals surface area contributed by atoms with Crippen molar-refractivity contribution in [3.05, 3.63) is 29.1 Å². The van der Waals surface area contributed by atoms with Gasteiger partial charge in [0, 0.05) is 11.9 Å². The molecule has 0 saturated carbocycles. The number of nitrogen functional groups attached to an aromatic ring is 1. The van der Waals surface area contributed by atoms with Gasteiger partial charge < -0.3 is 11.1 Å². The highest BCUT2D eigenvalue weighted by Gasteiger charge is 2.05. The van der Waals surface area contributed by atoms with Crippen molar-refractivity contribution in [2.45, 2.75) is 6.92 Å². The largest absolute Gasteiger partial charge is 0.398 e. The van der Waals surface area contributed by atoms with Gasteiger partial charge >= 0.3 is 0 Å². The predicted molar refractivity (Wildman–Crippen MR) is 43.4 cm³/mol. The van der Waals surface area contributed by atoms with E-state index in [2.05, 4.69) is 0 Å². The second kappa shape index (κ2) is 2.70. The fourth-order valence-electron chi connectivity index (χ4n) is 0.864. The van der Waals surface area contributed by atoms with E-state index in [-0.39, 0.29) is 5.56 Å². The quantitative estimate of drug-likeness (QED) is 0.467. The van der Waals surface area contributed by atoms with Crippen molar-refractivity contribution in [3.63, 3.8) is 0 Å². The van der Waals surface area contributed by atoms with Crippen LogP contribution in [0.5, 0.6) is 0 Å². The molecule has 0 fully saturated rings. The Labute approximate surface area is 64.4 Å². The minimum Gasteiger partial charge on any atom is -0.398 e. The molecule has 58 valence electrons. The molecule has 3 N–H and O–H groups in total. The smallest absolute Gasteiger partial charge is 0.136 e. The molecular weight excluding hydrogens is 143 g/mol. The van der Waals surface area contributed by atoms with E-state index in [0.29, 0.717) is 11.3 Å². The number of hydrogen-bond acceptors (Lipinski definition) is 2. The minimum atomic E-state index is -0.403. The molecule has 0 atom stereocenters. The van der Waals surface area contributed by atoms with Crippen LogP contribution in [-0.2, 0) is 0 Å². The molecule has 0 amide bonds. The van der Waals surface area contributed by atoms with Gasteiger partial charge in [0.2, 0.25) is 0 Å². The molecule has 1 aromatic rings. The van der Waals surface area contributed by atoms with Gasteiger partial charge in [0.25, 0.3) is 0 Å². The van der Waals surface area contributed by atoms with Crippen molar-refractivity contribution in [2.75, 3.05) is 5.73 Å². The average Bonchev–Trinajstić information content (AvgIpc) is 1.99. The zero-order chi connectivity index (χ0) is 8.43. The molecule has 0 spiro atoms. The average molecular weight is 152 g/mol. The number of nitrogens with two attached hydrogens (primary N) is 1. The van der Waals surface area contributed by atoms with E-state index in [9.17, 15) is 4.39 Å². The van der Waals surface area contributed by atoms with Gasteiger partial charge in [-0.05, 0) is 18.6 Å². The SMILES string of the molecule is Cc1ccc(N)c(C=N)c1F. The highest BCUT2D eigenvalue weighted by molar-refractivity contribution is 5.85. The molecule has 1 aromatic carbocycles. The van der Waals surface area contributed by atoms with Crippen molar-refractivity contribution in [1.82, 2.24) is 0 Å². The molecule has 1 rings (SSSR count). The van der Waals surface area contributed by atoms with Crippen LogP contribution in [0.4, 0.5) is 10.1 Å². The Bertz CT molecular complexity index is 294. The van der Waals surface area contributed by atoms with Crippen LogP contribution in [0.1, 0.15) is 11.1 Å². The van der Waals surface area contributed by atoms with E-state index in [1.165, 1.54) is 0 Å². The van der Waals surface area contributed by atoms with Gasteiger partial charge in [-0.25, -0.2) is 4.39 Å². The molecule has 3 heteroatoms. The summed E-state index contributed by atoms with van der Waals surface area (Å²) >= 11 is 0.